The highest BCUT2D eigenvalue weighted by Gasteiger charge is 2.30. The van der Waals surface area contributed by atoms with Crippen molar-refractivity contribution in [2.75, 3.05) is 32.6 Å². The van der Waals surface area contributed by atoms with Gasteiger partial charge in [0.15, 0.2) is 5.69 Å². The van der Waals surface area contributed by atoms with E-state index in [-0.39, 0.29) is 30.5 Å². The number of anilines is 1. The molecule has 4 rings (SSSR count). The van der Waals surface area contributed by atoms with Crippen LogP contribution in [0, 0.1) is 0 Å². The number of fused-ring (bicyclic) bond motifs is 3. The molecule has 0 spiro atoms. The van der Waals surface area contributed by atoms with Gasteiger partial charge in [0, 0.05) is 19.5 Å². The minimum absolute atomic E-state index is 0.0445. The van der Waals surface area contributed by atoms with Gasteiger partial charge in [-0.15, -0.1) is 0 Å². The Hall–Kier alpha value is -4.18. The summed E-state index contributed by atoms with van der Waals surface area (Å²) in [5.74, 6) is -1.92. The highest BCUT2D eigenvalue weighted by Crippen LogP contribution is 2.44. The van der Waals surface area contributed by atoms with E-state index in [1.807, 2.05) is 36.4 Å². The summed E-state index contributed by atoms with van der Waals surface area (Å²) in [7, 11) is 4.98. The van der Waals surface area contributed by atoms with E-state index >= 15 is 0 Å². The molecule has 1 aromatic heterocycles. The van der Waals surface area contributed by atoms with Crippen LogP contribution in [0.25, 0.3) is 11.1 Å². The highest BCUT2D eigenvalue weighted by molar-refractivity contribution is 6.02. The Balaban J connectivity index is 1.44. The molecule has 182 valence electrons. The van der Waals surface area contributed by atoms with E-state index in [0.29, 0.717) is 0 Å². The fraction of sp³-hybridized carbons (Fsp3) is 0.280. The number of nitrogens with one attached hydrogen (secondary N) is 2. The molecular weight excluding hydrogens is 450 g/mol. The first-order valence-corrected chi connectivity index (χ1v) is 11.1. The molecule has 0 radical (unpaired) electrons. The van der Waals surface area contributed by atoms with Gasteiger partial charge in [-0.05, 0) is 36.3 Å². The van der Waals surface area contributed by atoms with Crippen molar-refractivity contribution in [2.24, 2.45) is 7.05 Å². The van der Waals surface area contributed by atoms with Crippen LogP contribution < -0.4 is 10.6 Å². The minimum atomic E-state index is -1.23. The van der Waals surface area contributed by atoms with Crippen LogP contribution in [0.2, 0.25) is 0 Å². The molecule has 0 saturated carbocycles. The van der Waals surface area contributed by atoms with Crippen molar-refractivity contribution in [3.63, 3.8) is 0 Å². The number of likely N-dealkylation sites (N-methyl/N-ethyl adjacent to an activating group) is 1. The van der Waals surface area contributed by atoms with E-state index in [1.165, 1.54) is 13.2 Å². The van der Waals surface area contributed by atoms with Crippen LogP contribution in [0.3, 0.4) is 0 Å². The third kappa shape index (κ3) is 5.02. The highest BCUT2D eigenvalue weighted by atomic mass is 16.5. The smallest absolute Gasteiger partial charge is 0.407 e. The van der Waals surface area contributed by atoms with Gasteiger partial charge in [0.1, 0.15) is 12.6 Å². The number of amides is 2. The number of hydrogen-bond acceptors (Lipinski definition) is 6. The number of ether oxygens (including phenoxy) is 1. The summed E-state index contributed by atoms with van der Waals surface area (Å²) in [6, 6.07) is 15.0. The maximum absolute atomic E-state index is 12.9. The summed E-state index contributed by atoms with van der Waals surface area (Å²) in [4.78, 5) is 38.8. The number of benzene rings is 2. The SMILES string of the molecule is CN(C)CC(NC(=O)OCC1c2ccccc2-c2ccccc21)C(=O)Nc1cnn(C)c1C(=O)O. The monoisotopic (exact) mass is 477 g/mol. The predicted molar refractivity (Wildman–Crippen MR) is 129 cm³/mol. The standard InChI is InChI=1S/C25H27N5O5/c1-29(2)13-21(23(31)27-20-12-26-30(3)22(20)24(32)33)28-25(34)35-14-19-17-10-6-4-8-15(17)16-9-5-7-11-18(16)19/h4-12,19,21H,13-14H2,1-3H3,(H,27,31)(H,28,34)(H,32,33). The van der Waals surface area contributed by atoms with Crippen LogP contribution in [0.1, 0.15) is 27.5 Å². The van der Waals surface area contributed by atoms with E-state index in [1.54, 1.807) is 19.0 Å². The van der Waals surface area contributed by atoms with E-state index in [0.717, 1.165) is 26.9 Å². The molecule has 1 unspecified atom stereocenters. The van der Waals surface area contributed by atoms with Gasteiger partial charge in [0.2, 0.25) is 5.91 Å². The average Bonchev–Trinajstić information content (AvgIpc) is 3.34. The molecule has 2 aromatic carbocycles. The lowest BCUT2D eigenvalue weighted by Crippen LogP contribution is -2.49. The molecule has 1 atom stereocenters. The van der Waals surface area contributed by atoms with Crippen LogP contribution >= 0.6 is 0 Å². The topological polar surface area (TPSA) is 126 Å². The summed E-state index contributed by atoms with van der Waals surface area (Å²) < 4.78 is 6.71. The number of carboxylic acid groups (broad SMARTS) is 1. The number of hydrogen-bond donors (Lipinski definition) is 3. The van der Waals surface area contributed by atoms with Gasteiger partial charge in [-0.3, -0.25) is 9.48 Å². The summed E-state index contributed by atoms with van der Waals surface area (Å²) in [6.45, 7) is 0.292. The van der Waals surface area contributed by atoms with Gasteiger partial charge in [-0.1, -0.05) is 48.5 Å². The zero-order valence-electron chi connectivity index (χ0n) is 19.7. The molecule has 3 aromatic rings. The molecule has 0 bridgehead atoms. The number of alkyl carbamates (subject to hydrolysis) is 1. The Morgan fingerprint density at radius 2 is 1.69 bits per heavy atom. The lowest BCUT2D eigenvalue weighted by atomic mass is 9.98. The second-order valence-electron chi connectivity index (χ2n) is 8.61. The van der Waals surface area contributed by atoms with Gasteiger partial charge in [-0.25, -0.2) is 9.59 Å². The van der Waals surface area contributed by atoms with Crippen LogP contribution in [-0.4, -0.2) is 71.0 Å². The van der Waals surface area contributed by atoms with Crippen LogP contribution in [0.15, 0.2) is 54.7 Å². The quantitative estimate of drug-likeness (QED) is 0.455. The third-order valence-electron chi connectivity index (χ3n) is 5.90. The maximum Gasteiger partial charge on any atom is 0.407 e. The van der Waals surface area contributed by atoms with E-state index in [4.69, 9.17) is 4.74 Å². The van der Waals surface area contributed by atoms with Crippen molar-refractivity contribution in [2.45, 2.75) is 12.0 Å². The Morgan fingerprint density at radius 1 is 1.09 bits per heavy atom. The van der Waals surface area contributed by atoms with E-state index in [9.17, 15) is 19.5 Å². The van der Waals surface area contributed by atoms with E-state index in [2.05, 4.69) is 27.9 Å². The van der Waals surface area contributed by atoms with Crippen molar-refractivity contribution in [1.82, 2.24) is 20.0 Å². The Morgan fingerprint density at radius 3 is 2.26 bits per heavy atom. The number of aromatic carboxylic acids is 1. The molecule has 10 nitrogen and oxygen atoms in total. The first-order valence-electron chi connectivity index (χ1n) is 11.1. The van der Waals surface area contributed by atoms with Crippen molar-refractivity contribution in [3.05, 3.63) is 71.5 Å². The van der Waals surface area contributed by atoms with Gasteiger partial charge in [-0.2, -0.15) is 5.10 Å². The zero-order valence-corrected chi connectivity index (χ0v) is 19.7. The molecule has 1 aliphatic rings. The first-order chi connectivity index (χ1) is 16.8. The minimum Gasteiger partial charge on any atom is -0.476 e. The summed E-state index contributed by atoms with van der Waals surface area (Å²) in [6.07, 6.45) is 0.514. The number of rotatable bonds is 8. The first kappa shape index (κ1) is 24.0. The maximum atomic E-state index is 12.9. The van der Waals surface area contributed by atoms with Crippen LogP contribution in [0.4, 0.5) is 10.5 Å². The van der Waals surface area contributed by atoms with Crippen molar-refractivity contribution in [1.29, 1.82) is 0 Å². The molecule has 3 N–H and O–H groups in total. The number of aromatic nitrogens is 2. The Bertz CT molecular complexity index is 1220. The van der Waals surface area contributed by atoms with Crippen molar-refractivity contribution < 1.29 is 24.2 Å². The number of carbonyl (C=O) groups excluding carboxylic acids is 2. The fourth-order valence-corrected chi connectivity index (χ4v) is 4.34. The number of aryl methyl sites for hydroxylation is 1. The molecule has 1 aliphatic carbocycles. The molecule has 2 amide bonds. The zero-order chi connectivity index (χ0) is 25.1. The summed E-state index contributed by atoms with van der Waals surface area (Å²) in [5.41, 5.74) is 4.29. The molecule has 0 fully saturated rings. The Labute approximate surface area is 202 Å². The fourth-order valence-electron chi connectivity index (χ4n) is 4.34. The summed E-state index contributed by atoms with van der Waals surface area (Å²) in [5, 5.41) is 18.4. The molecular formula is C25H27N5O5. The largest absolute Gasteiger partial charge is 0.476 e. The second kappa shape index (κ2) is 9.98. The van der Waals surface area contributed by atoms with Crippen molar-refractivity contribution >= 4 is 23.7 Å². The van der Waals surface area contributed by atoms with Gasteiger partial charge >= 0.3 is 12.1 Å². The van der Waals surface area contributed by atoms with Crippen molar-refractivity contribution in [3.8, 4) is 11.1 Å². The number of nitrogens with zero attached hydrogens (tertiary/aromatic N) is 3. The lowest BCUT2D eigenvalue weighted by Gasteiger charge is -2.22. The molecule has 1 heterocycles. The van der Waals surface area contributed by atoms with E-state index < -0.39 is 24.0 Å². The second-order valence-corrected chi connectivity index (χ2v) is 8.61. The van der Waals surface area contributed by atoms with Crippen LogP contribution in [0.5, 0.6) is 0 Å². The van der Waals surface area contributed by atoms with Gasteiger partial charge in [0.05, 0.1) is 11.9 Å². The normalized spacial score (nSPS) is 13.1. The summed E-state index contributed by atoms with van der Waals surface area (Å²) >= 11 is 0. The Kier molecular flexibility index (Phi) is 6.83. The van der Waals surface area contributed by atoms with Gasteiger partial charge < -0.3 is 25.4 Å². The van der Waals surface area contributed by atoms with Crippen LogP contribution in [-0.2, 0) is 16.6 Å². The van der Waals surface area contributed by atoms with Gasteiger partial charge in [0.25, 0.3) is 0 Å². The average molecular weight is 478 g/mol. The third-order valence-corrected chi connectivity index (χ3v) is 5.90. The molecule has 0 aliphatic heterocycles. The molecule has 0 saturated heterocycles. The molecule has 10 heteroatoms. The predicted octanol–water partition coefficient (Wildman–Crippen LogP) is 2.53. The number of carboxylic acids is 1. The lowest BCUT2D eigenvalue weighted by molar-refractivity contribution is -0.118. The molecule has 35 heavy (non-hydrogen) atoms. The number of carbonyl (C=O) groups is 3.